The molecule has 0 radical (unpaired) electrons. The Bertz CT molecular complexity index is 290. The van der Waals surface area contributed by atoms with Crippen molar-refractivity contribution in [1.29, 1.82) is 0 Å². The molecule has 1 spiro atoms. The molecule has 3 aliphatic rings. The Labute approximate surface area is 119 Å². The molecule has 3 fully saturated rings. The average molecular weight is 264 g/mol. The first-order valence-electron chi connectivity index (χ1n) is 8.66. The second-order valence-corrected chi connectivity index (χ2v) is 7.88. The Hall–Kier alpha value is -0.0800. The van der Waals surface area contributed by atoms with E-state index >= 15 is 0 Å². The molecule has 3 rings (SSSR count). The van der Waals surface area contributed by atoms with Crippen molar-refractivity contribution in [3.8, 4) is 0 Å². The van der Waals surface area contributed by atoms with Crippen molar-refractivity contribution >= 4 is 0 Å². The Morgan fingerprint density at radius 1 is 1.16 bits per heavy atom. The van der Waals surface area contributed by atoms with Crippen LogP contribution in [-0.4, -0.2) is 36.1 Å². The van der Waals surface area contributed by atoms with Crippen molar-refractivity contribution in [2.45, 2.75) is 76.8 Å². The number of hydrogen-bond donors (Lipinski definition) is 1. The van der Waals surface area contributed by atoms with Gasteiger partial charge in [0, 0.05) is 31.2 Å². The lowest BCUT2D eigenvalue weighted by Crippen LogP contribution is -2.65. The van der Waals surface area contributed by atoms with Crippen LogP contribution in [0.3, 0.4) is 0 Å². The van der Waals surface area contributed by atoms with Gasteiger partial charge in [0.05, 0.1) is 0 Å². The summed E-state index contributed by atoms with van der Waals surface area (Å²) in [5, 5.41) is 3.97. The Morgan fingerprint density at radius 2 is 1.89 bits per heavy atom. The van der Waals surface area contributed by atoms with E-state index in [-0.39, 0.29) is 0 Å². The number of nitrogens with one attached hydrogen (secondary N) is 1. The fourth-order valence-electron chi connectivity index (χ4n) is 4.22. The van der Waals surface area contributed by atoms with Crippen molar-refractivity contribution in [3.05, 3.63) is 0 Å². The second kappa shape index (κ2) is 5.73. The van der Waals surface area contributed by atoms with Crippen molar-refractivity contribution < 1.29 is 0 Å². The van der Waals surface area contributed by atoms with E-state index in [1.54, 1.807) is 0 Å². The minimum atomic E-state index is 0.487. The summed E-state index contributed by atoms with van der Waals surface area (Å²) in [7, 11) is 0. The van der Waals surface area contributed by atoms with Gasteiger partial charge in [-0.15, -0.1) is 0 Å². The van der Waals surface area contributed by atoms with E-state index in [4.69, 9.17) is 0 Å². The van der Waals surface area contributed by atoms with Crippen LogP contribution < -0.4 is 5.32 Å². The van der Waals surface area contributed by atoms with Gasteiger partial charge in [-0.05, 0) is 43.9 Å². The molecule has 0 aromatic heterocycles. The van der Waals surface area contributed by atoms with Gasteiger partial charge in [0.2, 0.25) is 0 Å². The summed E-state index contributed by atoms with van der Waals surface area (Å²) in [6, 6.07) is 0.799. The van der Waals surface area contributed by atoms with Crippen molar-refractivity contribution in [2.75, 3.05) is 19.6 Å². The van der Waals surface area contributed by atoms with Gasteiger partial charge in [0.1, 0.15) is 0 Å². The lowest BCUT2D eigenvalue weighted by Gasteiger charge is -2.50. The zero-order chi connectivity index (χ0) is 13.3. The molecule has 1 aliphatic heterocycles. The summed E-state index contributed by atoms with van der Waals surface area (Å²) in [5.41, 5.74) is 0.487. The molecule has 1 heterocycles. The molecular formula is C17H32N2. The van der Waals surface area contributed by atoms with E-state index in [0.29, 0.717) is 5.54 Å². The van der Waals surface area contributed by atoms with Crippen LogP contribution in [0.1, 0.15) is 65.2 Å². The molecule has 0 amide bonds. The third-order valence-electron chi connectivity index (χ3n) is 5.48. The van der Waals surface area contributed by atoms with Gasteiger partial charge < -0.3 is 5.32 Å². The normalized spacial score (nSPS) is 32.1. The number of rotatable bonds is 4. The zero-order valence-corrected chi connectivity index (χ0v) is 13.0. The SMILES string of the molecule is CC(C)CC1CNC2(CCCCC2)CN1CC1CC1. The third kappa shape index (κ3) is 3.52. The van der Waals surface area contributed by atoms with Gasteiger partial charge in [-0.2, -0.15) is 0 Å². The van der Waals surface area contributed by atoms with Crippen LogP contribution in [0.25, 0.3) is 0 Å². The fraction of sp³-hybridized carbons (Fsp3) is 1.00. The van der Waals surface area contributed by atoms with Gasteiger partial charge in [0.15, 0.2) is 0 Å². The average Bonchev–Trinajstić information content (AvgIpc) is 3.18. The van der Waals surface area contributed by atoms with Crippen LogP contribution in [0.15, 0.2) is 0 Å². The minimum Gasteiger partial charge on any atom is -0.308 e. The highest BCUT2D eigenvalue weighted by atomic mass is 15.3. The molecule has 2 saturated carbocycles. The van der Waals surface area contributed by atoms with Crippen LogP contribution in [-0.2, 0) is 0 Å². The van der Waals surface area contributed by atoms with Crippen LogP contribution in [0.2, 0.25) is 0 Å². The molecule has 1 N–H and O–H groups in total. The summed E-state index contributed by atoms with van der Waals surface area (Å²) in [4.78, 5) is 2.87. The first kappa shape index (κ1) is 13.9. The number of piperazine rings is 1. The van der Waals surface area contributed by atoms with E-state index < -0.39 is 0 Å². The summed E-state index contributed by atoms with van der Waals surface area (Å²) in [6.07, 6.45) is 11.5. The molecule has 2 nitrogen and oxygen atoms in total. The minimum absolute atomic E-state index is 0.487. The summed E-state index contributed by atoms with van der Waals surface area (Å²) in [5.74, 6) is 1.86. The number of hydrogen-bond acceptors (Lipinski definition) is 2. The molecule has 0 bridgehead atoms. The van der Waals surface area contributed by atoms with E-state index in [2.05, 4.69) is 24.1 Å². The smallest absolute Gasteiger partial charge is 0.0309 e. The standard InChI is InChI=1S/C17H32N2/c1-14(2)10-16-11-18-17(8-4-3-5-9-17)13-19(16)12-15-6-7-15/h14-16,18H,3-13H2,1-2H3. The first-order chi connectivity index (χ1) is 9.17. The van der Waals surface area contributed by atoms with E-state index in [1.807, 2.05) is 0 Å². The molecule has 1 atom stereocenters. The lowest BCUT2D eigenvalue weighted by atomic mass is 9.79. The molecule has 1 unspecified atom stereocenters. The van der Waals surface area contributed by atoms with E-state index in [0.717, 1.165) is 17.9 Å². The van der Waals surface area contributed by atoms with Gasteiger partial charge in [-0.1, -0.05) is 33.1 Å². The largest absolute Gasteiger partial charge is 0.308 e. The molecule has 2 heteroatoms. The maximum absolute atomic E-state index is 3.97. The Morgan fingerprint density at radius 3 is 2.53 bits per heavy atom. The van der Waals surface area contributed by atoms with Crippen LogP contribution in [0, 0.1) is 11.8 Å². The van der Waals surface area contributed by atoms with Crippen LogP contribution >= 0.6 is 0 Å². The van der Waals surface area contributed by atoms with Crippen LogP contribution in [0.4, 0.5) is 0 Å². The molecule has 0 aromatic rings. The molecular weight excluding hydrogens is 232 g/mol. The quantitative estimate of drug-likeness (QED) is 0.837. The van der Waals surface area contributed by atoms with Gasteiger partial charge in [0.25, 0.3) is 0 Å². The second-order valence-electron chi connectivity index (χ2n) is 7.88. The van der Waals surface area contributed by atoms with Crippen molar-refractivity contribution in [1.82, 2.24) is 10.2 Å². The molecule has 2 aliphatic carbocycles. The Kier molecular flexibility index (Phi) is 4.19. The van der Waals surface area contributed by atoms with Gasteiger partial charge in [-0.25, -0.2) is 0 Å². The Balaban J connectivity index is 1.64. The predicted octanol–water partition coefficient (Wildman–Crippen LogP) is 3.42. The predicted molar refractivity (Wildman–Crippen MR) is 81.4 cm³/mol. The van der Waals surface area contributed by atoms with E-state index in [1.165, 1.54) is 71.0 Å². The summed E-state index contributed by atoms with van der Waals surface area (Å²) < 4.78 is 0. The highest BCUT2D eigenvalue weighted by molar-refractivity contribution is 5.00. The van der Waals surface area contributed by atoms with Gasteiger partial charge >= 0.3 is 0 Å². The maximum Gasteiger partial charge on any atom is 0.0309 e. The van der Waals surface area contributed by atoms with E-state index in [9.17, 15) is 0 Å². The van der Waals surface area contributed by atoms with Crippen LogP contribution in [0.5, 0.6) is 0 Å². The molecule has 19 heavy (non-hydrogen) atoms. The lowest BCUT2D eigenvalue weighted by molar-refractivity contribution is 0.0437. The third-order valence-corrected chi connectivity index (χ3v) is 5.48. The van der Waals surface area contributed by atoms with Crippen molar-refractivity contribution in [3.63, 3.8) is 0 Å². The number of nitrogens with zero attached hydrogens (tertiary/aromatic N) is 1. The molecule has 110 valence electrons. The highest BCUT2D eigenvalue weighted by Crippen LogP contribution is 2.36. The van der Waals surface area contributed by atoms with Crippen molar-refractivity contribution in [2.24, 2.45) is 11.8 Å². The topological polar surface area (TPSA) is 15.3 Å². The summed E-state index contributed by atoms with van der Waals surface area (Å²) >= 11 is 0. The first-order valence-corrected chi connectivity index (χ1v) is 8.66. The fourth-order valence-corrected chi connectivity index (χ4v) is 4.22. The molecule has 0 aromatic carbocycles. The molecule has 1 saturated heterocycles. The highest BCUT2D eigenvalue weighted by Gasteiger charge is 2.41. The monoisotopic (exact) mass is 264 g/mol. The summed E-state index contributed by atoms with van der Waals surface area (Å²) in [6.45, 7) is 8.72. The van der Waals surface area contributed by atoms with Gasteiger partial charge in [-0.3, -0.25) is 4.90 Å². The maximum atomic E-state index is 3.97. The zero-order valence-electron chi connectivity index (χ0n) is 13.0.